The standard InChI is InChI=1S/C31H39N9OS.CHN/c1-3-9-24-25(22(16-32)28(33)42-24)20-11-7-12-21-26(37-41-27(20)21)29-35-30(39-14-5-4-6-15-39)23-17-34-40(31(23)36-29)18-19-10-8-13-38(19)2;1-2/h17,19-20H,3-15,18,33H2,1-2H3;1H. The first-order valence-corrected chi connectivity index (χ1v) is 16.6. The van der Waals surface area contributed by atoms with E-state index in [9.17, 15) is 5.26 Å². The fraction of sp³-hybridized carbons (Fsp3) is 0.562. The van der Waals surface area contributed by atoms with Gasteiger partial charge in [-0.2, -0.15) is 10.4 Å². The third kappa shape index (κ3) is 5.31. The van der Waals surface area contributed by atoms with Crippen LogP contribution in [0.3, 0.4) is 0 Å². The Hall–Kier alpha value is -4.00. The maximum Gasteiger partial charge on any atom is 0.186 e. The van der Waals surface area contributed by atoms with Gasteiger partial charge in [0.1, 0.15) is 22.6 Å². The topological polar surface area (TPSA) is 150 Å². The molecule has 3 aliphatic rings. The monoisotopic (exact) mass is 612 g/mol. The number of nitriles is 2. The maximum absolute atomic E-state index is 10.0. The summed E-state index contributed by atoms with van der Waals surface area (Å²) in [4.78, 5) is 16.3. The van der Waals surface area contributed by atoms with Gasteiger partial charge < -0.3 is 20.1 Å². The van der Waals surface area contributed by atoms with Crippen LogP contribution in [0.2, 0.25) is 0 Å². The predicted molar refractivity (Wildman–Crippen MR) is 171 cm³/mol. The van der Waals surface area contributed by atoms with Gasteiger partial charge in [-0.3, -0.25) is 0 Å². The molecule has 2 unspecified atom stereocenters. The lowest BCUT2D eigenvalue weighted by atomic mass is 9.81. The Bertz CT molecular complexity index is 1690. The first-order chi connectivity index (χ1) is 21.6. The van der Waals surface area contributed by atoms with Gasteiger partial charge in [0.25, 0.3) is 0 Å². The first kappa shape index (κ1) is 30.0. The summed E-state index contributed by atoms with van der Waals surface area (Å²) in [7, 11) is 2.20. The lowest BCUT2D eigenvalue weighted by molar-refractivity contribution is 0.276. The minimum atomic E-state index is -0.0338. The molecule has 2 N–H and O–H groups in total. The molecule has 0 saturated carbocycles. The van der Waals surface area contributed by atoms with E-state index in [1.165, 1.54) is 24.1 Å². The first-order valence-electron chi connectivity index (χ1n) is 15.8. The molecule has 4 aromatic heterocycles. The summed E-state index contributed by atoms with van der Waals surface area (Å²) in [6.45, 7) is 9.56. The fourth-order valence-electron chi connectivity index (χ4n) is 7.25. The van der Waals surface area contributed by atoms with Crippen LogP contribution in [0.4, 0.5) is 10.8 Å². The molecule has 2 fully saturated rings. The molecule has 0 radical (unpaired) electrons. The van der Waals surface area contributed by atoms with E-state index in [1.54, 1.807) is 11.3 Å². The predicted octanol–water partition coefficient (Wildman–Crippen LogP) is 5.64. The highest BCUT2D eigenvalue weighted by Crippen LogP contribution is 2.46. The molecule has 230 valence electrons. The number of hydrogen-bond acceptors (Lipinski definition) is 11. The molecule has 2 atom stereocenters. The number of nitrogen functional groups attached to an aromatic ring is 1. The van der Waals surface area contributed by atoms with Crippen LogP contribution in [0.1, 0.15) is 91.5 Å². The van der Waals surface area contributed by atoms with Crippen LogP contribution < -0.4 is 10.6 Å². The zero-order chi connectivity index (χ0) is 30.8. The molecule has 44 heavy (non-hydrogen) atoms. The van der Waals surface area contributed by atoms with Gasteiger partial charge in [0.2, 0.25) is 0 Å². The zero-order valence-electron chi connectivity index (χ0n) is 25.6. The van der Waals surface area contributed by atoms with Crippen molar-refractivity contribution >= 4 is 33.2 Å². The van der Waals surface area contributed by atoms with Crippen molar-refractivity contribution in [2.75, 3.05) is 37.3 Å². The number of aromatic nitrogens is 5. The molecule has 0 aromatic carbocycles. The summed E-state index contributed by atoms with van der Waals surface area (Å²) >= 11 is 1.55. The van der Waals surface area contributed by atoms with Crippen molar-refractivity contribution in [3.8, 4) is 24.2 Å². The molecule has 0 bridgehead atoms. The Morgan fingerprint density at radius 3 is 2.66 bits per heavy atom. The van der Waals surface area contributed by atoms with Crippen molar-refractivity contribution in [3.63, 3.8) is 0 Å². The number of likely N-dealkylation sites (tertiary alicyclic amines) is 1. The normalized spacial score (nSPS) is 20.3. The van der Waals surface area contributed by atoms with Crippen LogP contribution in [-0.4, -0.2) is 62.5 Å². The average Bonchev–Trinajstić information content (AvgIpc) is 3.84. The third-order valence-electron chi connectivity index (χ3n) is 9.44. The Morgan fingerprint density at radius 1 is 1.11 bits per heavy atom. The second-order valence-electron chi connectivity index (χ2n) is 12.1. The molecule has 2 aliphatic heterocycles. The summed E-state index contributed by atoms with van der Waals surface area (Å²) in [5.41, 5.74) is 10.6. The summed E-state index contributed by atoms with van der Waals surface area (Å²) < 4.78 is 8.23. The van der Waals surface area contributed by atoms with E-state index < -0.39 is 0 Å². The number of rotatable bonds is 7. The van der Waals surface area contributed by atoms with Crippen LogP contribution >= 0.6 is 11.3 Å². The number of nitrogens with two attached hydrogens (primary N) is 1. The number of nitrogens with zero attached hydrogens (tertiary/aromatic N) is 9. The van der Waals surface area contributed by atoms with E-state index in [1.807, 2.05) is 6.20 Å². The summed E-state index contributed by atoms with van der Waals surface area (Å²) in [6.07, 6.45) is 12.5. The minimum absolute atomic E-state index is 0.0338. The summed E-state index contributed by atoms with van der Waals surface area (Å²) in [6, 6.07) is 2.84. The van der Waals surface area contributed by atoms with Gasteiger partial charge in [-0.05, 0) is 76.9 Å². The van der Waals surface area contributed by atoms with Crippen LogP contribution in [0.5, 0.6) is 0 Å². The number of hydrogen-bond donors (Lipinski definition) is 1. The summed E-state index contributed by atoms with van der Waals surface area (Å²) in [5.74, 6) is 2.36. The molecule has 0 amide bonds. The zero-order valence-corrected chi connectivity index (χ0v) is 26.4. The number of thiophene rings is 1. The Morgan fingerprint density at radius 2 is 1.93 bits per heavy atom. The van der Waals surface area contributed by atoms with E-state index in [2.05, 4.69) is 46.3 Å². The van der Waals surface area contributed by atoms with Crippen molar-refractivity contribution in [3.05, 3.63) is 33.5 Å². The van der Waals surface area contributed by atoms with Crippen molar-refractivity contribution < 1.29 is 4.52 Å². The molecule has 0 spiro atoms. The molecule has 1 aliphatic carbocycles. The van der Waals surface area contributed by atoms with E-state index in [0.29, 0.717) is 22.4 Å². The molecule has 4 aromatic rings. The van der Waals surface area contributed by atoms with Gasteiger partial charge in [-0.25, -0.2) is 19.9 Å². The average molecular weight is 613 g/mol. The van der Waals surface area contributed by atoms with Crippen LogP contribution in [0, 0.1) is 23.2 Å². The van der Waals surface area contributed by atoms with Crippen molar-refractivity contribution in [1.82, 2.24) is 29.8 Å². The fourth-order valence-corrected chi connectivity index (χ4v) is 8.43. The number of piperidine rings is 1. The number of fused-ring (bicyclic) bond motifs is 2. The highest BCUT2D eigenvalue weighted by molar-refractivity contribution is 7.16. The molecular weight excluding hydrogens is 572 g/mol. The van der Waals surface area contributed by atoms with E-state index >= 15 is 0 Å². The second-order valence-corrected chi connectivity index (χ2v) is 13.3. The summed E-state index contributed by atoms with van der Waals surface area (Å²) in [5, 5.41) is 27.6. The van der Waals surface area contributed by atoms with Gasteiger partial charge in [0, 0.05) is 42.1 Å². The van der Waals surface area contributed by atoms with Gasteiger partial charge in [-0.1, -0.05) is 18.5 Å². The van der Waals surface area contributed by atoms with Crippen molar-refractivity contribution in [1.29, 1.82) is 10.5 Å². The molecule has 11 nitrogen and oxygen atoms in total. The van der Waals surface area contributed by atoms with Gasteiger partial charge >= 0.3 is 0 Å². The Labute approximate surface area is 262 Å². The van der Waals surface area contributed by atoms with Crippen molar-refractivity contribution in [2.45, 2.75) is 89.6 Å². The van der Waals surface area contributed by atoms with Crippen LogP contribution in [-0.2, 0) is 19.4 Å². The molecule has 12 heteroatoms. The van der Waals surface area contributed by atoms with Gasteiger partial charge in [0.15, 0.2) is 17.2 Å². The lowest BCUT2D eigenvalue weighted by Crippen LogP contribution is -2.31. The number of likely N-dealkylation sites (N-methyl/N-ethyl adjacent to an activating group) is 1. The largest absolute Gasteiger partial charge is 0.389 e. The highest BCUT2D eigenvalue weighted by atomic mass is 32.1. The third-order valence-corrected chi connectivity index (χ3v) is 10.5. The smallest absolute Gasteiger partial charge is 0.186 e. The highest BCUT2D eigenvalue weighted by Gasteiger charge is 2.35. The molecule has 2 saturated heterocycles. The molecule has 7 rings (SSSR count). The Kier molecular flexibility index (Phi) is 8.83. The quantitative estimate of drug-likeness (QED) is 0.278. The number of aryl methyl sites for hydroxylation is 1. The SMILES string of the molecule is C#N.CCCc1sc(N)c(C#N)c1C1CCCc2c(-c3nc(N4CCCCC4)c4cnn(CC5CCCN5C)c4n3)noc21. The van der Waals surface area contributed by atoms with E-state index in [-0.39, 0.29) is 5.92 Å². The second kappa shape index (κ2) is 12.9. The van der Waals surface area contributed by atoms with Crippen molar-refractivity contribution in [2.24, 2.45) is 0 Å². The minimum Gasteiger partial charge on any atom is -0.389 e. The maximum atomic E-state index is 10.0. The van der Waals surface area contributed by atoms with Gasteiger partial charge in [-0.15, -0.1) is 11.3 Å². The Balaban J connectivity index is 0.00000168. The number of anilines is 2. The van der Waals surface area contributed by atoms with Gasteiger partial charge in [0.05, 0.1) is 23.7 Å². The van der Waals surface area contributed by atoms with Crippen LogP contribution in [0.15, 0.2) is 10.7 Å². The van der Waals surface area contributed by atoms with E-state index in [4.69, 9.17) is 30.6 Å². The van der Waals surface area contributed by atoms with Crippen LogP contribution in [0.25, 0.3) is 22.6 Å². The lowest BCUT2D eigenvalue weighted by Gasteiger charge is -2.28. The van der Waals surface area contributed by atoms with E-state index in [0.717, 1.165) is 111 Å². The molecular formula is C32H40N10OS. The molecule has 6 heterocycles.